The van der Waals surface area contributed by atoms with E-state index in [9.17, 15) is 9.59 Å². The van der Waals surface area contributed by atoms with Gasteiger partial charge in [0.1, 0.15) is 0 Å². The maximum absolute atomic E-state index is 11.3. The van der Waals surface area contributed by atoms with Crippen molar-refractivity contribution >= 4 is 11.9 Å². The first-order chi connectivity index (χ1) is 8.08. The molecular formula is C12H22N2O3. The van der Waals surface area contributed by atoms with Crippen molar-refractivity contribution in [2.45, 2.75) is 32.1 Å². The second kappa shape index (κ2) is 7.27. The van der Waals surface area contributed by atoms with Gasteiger partial charge in [0, 0.05) is 19.5 Å². The van der Waals surface area contributed by atoms with Crippen LogP contribution < -0.4 is 5.32 Å². The number of hydrogen-bond acceptors (Lipinski definition) is 3. The number of likely N-dealkylation sites (tertiary alicyclic amines) is 1. The topological polar surface area (TPSA) is 69.6 Å². The van der Waals surface area contributed by atoms with Crippen molar-refractivity contribution in [3.05, 3.63) is 0 Å². The van der Waals surface area contributed by atoms with Crippen LogP contribution >= 0.6 is 0 Å². The van der Waals surface area contributed by atoms with Crippen LogP contribution in [-0.2, 0) is 9.59 Å². The van der Waals surface area contributed by atoms with E-state index in [0.717, 1.165) is 13.0 Å². The molecule has 5 heteroatoms. The monoisotopic (exact) mass is 242 g/mol. The number of amides is 1. The van der Waals surface area contributed by atoms with Crippen LogP contribution in [0.3, 0.4) is 0 Å². The number of piperidine rings is 1. The molecule has 1 fully saturated rings. The lowest BCUT2D eigenvalue weighted by Crippen LogP contribution is -2.34. The van der Waals surface area contributed by atoms with Gasteiger partial charge in [0.25, 0.3) is 0 Å². The van der Waals surface area contributed by atoms with Gasteiger partial charge < -0.3 is 15.3 Å². The maximum atomic E-state index is 11.3. The Hall–Kier alpha value is -1.10. The molecule has 0 saturated carbocycles. The average molecular weight is 242 g/mol. The highest BCUT2D eigenvalue weighted by Gasteiger charge is 2.16. The highest BCUT2D eigenvalue weighted by Crippen LogP contribution is 2.17. The highest BCUT2D eigenvalue weighted by molar-refractivity contribution is 5.80. The average Bonchev–Trinajstić information content (AvgIpc) is 2.26. The van der Waals surface area contributed by atoms with E-state index in [4.69, 9.17) is 5.11 Å². The summed E-state index contributed by atoms with van der Waals surface area (Å²) in [7, 11) is 2.12. The number of nitrogens with zero attached hydrogens (tertiary/aromatic N) is 1. The number of carbonyl (C=O) groups is 2. The Morgan fingerprint density at radius 3 is 2.82 bits per heavy atom. The quantitative estimate of drug-likeness (QED) is 0.719. The van der Waals surface area contributed by atoms with Gasteiger partial charge in [0.05, 0.1) is 6.42 Å². The number of aliphatic carboxylic acids is 1. The van der Waals surface area contributed by atoms with Crippen molar-refractivity contribution in [1.82, 2.24) is 10.2 Å². The van der Waals surface area contributed by atoms with E-state index in [-0.39, 0.29) is 18.7 Å². The molecule has 1 atom stereocenters. The van der Waals surface area contributed by atoms with Gasteiger partial charge in [-0.3, -0.25) is 9.59 Å². The van der Waals surface area contributed by atoms with Crippen molar-refractivity contribution in [2.75, 3.05) is 26.7 Å². The largest absolute Gasteiger partial charge is 0.481 e. The van der Waals surface area contributed by atoms with E-state index in [0.29, 0.717) is 12.5 Å². The molecule has 1 aliphatic rings. The molecular weight excluding hydrogens is 220 g/mol. The van der Waals surface area contributed by atoms with Crippen molar-refractivity contribution in [3.63, 3.8) is 0 Å². The summed E-state index contributed by atoms with van der Waals surface area (Å²) < 4.78 is 0. The summed E-state index contributed by atoms with van der Waals surface area (Å²) in [5.74, 6) is -0.417. The molecule has 0 aliphatic carbocycles. The highest BCUT2D eigenvalue weighted by atomic mass is 16.4. The summed E-state index contributed by atoms with van der Waals surface area (Å²) >= 11 is 0. The molecule has 0 spiro atoms. The molecule has 1 aliphatic heterocycles. The van der Waals surface area contributed by atoms with Gasteiger partial charge >= 0.3 is 5.97 Å². The molecule has 0 bridgehead atoms. The minimum absolute atomic E-state index is 0.0832. The van der Waals surface area contributed by atoms with E-state index >= 15 is 0 Å². The van der Waals surface area contributed by atoms with Crippen LogP contribution in [-0.4, -0.2) is 48.6 Å². The van der Waals surface area contributed by atoms with E-state index in [1.165, 1.54) is 19.4 Å². The summed E-state index contributed by atoms with van der Waals surface area (Å²) in [6.07, 6.45) is 3.45. The summed E-state index contributed by atoms with van der Waals surface area (Å²) in [5.41, 5.74) is 0. The molecule has 1 rings (SSSR count). The Kier molecular flexibility index (Phi) is 5.97. The molecule has 0 aromatic rings. The fourth-order valence-electron chi connectivity index (χ4n) is 2.23. The van der Waals surface area contributed by atoms with Crippen LogP contribution in [0, 0.1) is 5.92 Å². The molecule has 98 valence electrons. The first-order valence-corrected chi connectivity index (χ1v) is 6.25. The minimum Gasteiger partial charge on any atom is -0.481 e. The molecule has 0 radical (unpaired) electrons. The zero-order valence-electron chi connectivity index (χ0n) is 10.4. The molecule has 5 nitrogen and oxygen atoms in total. The van der Waals surface area contributed by atoms with Gasteiger partial charge in [0.15, 0.2) is 0 Å². The van der Waals surface area contributed by atoms with E-state index in [2.05, 4.69) is 17.3 Å². The Morgan fingerprint density at radius 2 is 2.18 bits per heavy atom. The fourth-order valence-corrected chi connectivity index (χ4v) is 2.23. The van der Waals surface area contributed by atoms with Gasteiger partial charge in [0.2, 0.25) is 5.91 Å². The Balaban J connectivity index is 2.06. The van der Waals surface area contributed by atoms with Crippen LogP contribution in [0.1, 0.15) is 32.1 Å². The predicted octanol–water partition coefficient (Wildman–Crippen LogP) is 0.699. The summed E-state index contributed by atoms with van der Waals surface area (Å²) in [6.45, 7) is 2.93. The van der Waals surface area contributed by atoms with Crippen LogP contribution in [0.25, 0.3) is 0 Å². The number of nitrogens with one attached hydrogen (secondary N) is 1. The zero-order valence-corrected chi connectivity index (χ0v) is 10.4. The summed E-state index contributed by atoms with van der Waals surface area (Å²) in [4.78, 5) is 23.9. The van der Waals surface area contributed by atoms with Crippen molar-refractivity contribution in [2.24, 2.45) is 5.92 Å². The minimum atomic E-state index is -0.922. The predicted molar refractivity (Wildman–Crippen MR) is 64.7 cm³/mol. The SMILES string of the molecule is CN1CCCC(CCNC(=O)CCC(=O)O)C1. The molecule has 1 heterocycles. The number of rotatable bonds is 6. The normalized spacial score (nSPS) is 21.1. The molecule has 0 aromatic carbocycles. The standard InChI is InChI=1S/C12H22N2O3/c1-14-8-2-3-10(9-14)6-7-13-11(15)4-5-12(16)17/h10H,2-9H2,1H3,(H,13,15)(H,16,17). The number of hydrogen-bond donors (Lipinski definition) is 2. The molecule has 0 aromatic heterocycles. The van der Waals surface area contributed by atoms with Gasteiger partial charge in [-0.05, 0) is 38.8 Å². The van der Waals surface area contributed by atoms with Crippen molar-refractivity contribution in [3.8, 4) is 0 Å². The van der Waals surface area contributed by atoms with Crippen LogP contribution in [0.5, 0.6) is 0 Å². The molecule has 17 heavy (non-hydrogen) atoms. The molecule has 1 unspecified atom stereocenters. The molecule has 2 N–H and O–H groups in total. The van der Waals surface area contributed by atoms with E-state index in [1.54, 1.807) is 0 Å². The second-order valence-electron chi connectivity index (χ2n) is 4.80. The van der Waals surface area contributed by atoms with Crippen molar-refractivity contribution < 1.29 is 14.7 Å². The first-order valence-electron chi connectivity index (χ1n) is 6.25. The lowest BCUT2D eigenvalue weighted by molar-refractivity contribution is -0.138. The molecule has 1 amide bonds. The Bertz CT molecular complexity index is 268. The number of carboxylic acids is 1. The van der Waals surface area contributed by atoms with Gasteiger partial charge in [-0.15, -0.1) is 0 Å². The summed E-state index contributed by atoms with van der Waals surface area (Å²) in [5, 5.41) is 11.2. The van der Waals surface area contributed by atoms with E-state index in [1.807, 2.05) is 0 Å². The van der Waals surface area contributed by atoms with Crippen LogP contribution in [0.4, 0.5) is 0 Å². The third-order valence-electron chi connectivity index (χ3n) is 3.16. The lowest BCUT2D eigenvalue weighted by atomic mass is 9.95. The van der Waals surface area contributed by atoms with E-state index < -0.39 is 5.97 Å². The zero-order chi connectivity index (χ0) is 12.7. The van der Waals surface area contributed by atoms with Crippen LogP contribution in [0.2, 0.25) is 0 Å². The fraction of sp³-hybridized carbons (Fsp3) is 0.833. The van der Waals surface area contributed by atoms with Crippen molar-refractivity contribution in [1.29, 1.82) is 0 Å². The Labute approximate surface area is 102 Å². The van der Waals surface area contributed by atoms with Gasteiger partial charge in [-0.25, -0.2) is 0 Å². The summed E-state index contributed by atoms with van der Waals surface area (Å²) in [6, 6.07) is 0. The number of carbonyl (C=O) groups excluding carboxylic acids is 1. The lowest BCUT2D eigenvalue weighted by Gasteiger charge is -2.29. The Morgan fingerprint density at radius 1 is 1.41 bits per heavy atom. The first kappa shape index (κ1) is 14.0. The van der Waals surface area contributed by atoms with Gasteiger partial charge in [-0.2, -0.15) is 0 Å². The third-order valence-corrected chi connectivity index (χ3v) is 3.16. The maximum Gasteiger partial charge on any atom is 0.303 e. The number of carboxylic acid groups (broad SMARTS) is 1. The smallest absolute Gasteiger partial charge is 0.303 e. The van der Waals surface area contributed by atoms with Gasteiger partial charge in [-0.1, -0.05) is 0 Å². The van der Waals surface area contributed by atoms with Crippen LogP contribution in [0.15, 0.2) is 0 Å². The third kappa shape index (κ3) is 6.26. The molecule has 1 saturated heterocycles. The second-order valence-corrected chi connectivity index (χ2v) is 4.80.